The van der Waals surface area contributed by atoms with Gasteiger partial charge in [-0.3, -0.25) is 4.79 Å². The molecule has 1 aromatic carbocycles. The van der Waals surface area contributed by atoms with Gasteiger partial charge in [-0.05, 0) is 18.2 Å². The number of nitriles is 1. The topological polar surface area (TPSA) is 90.6 Å². The fourth-order valence-corrected chi connectivity index (χ4v) is 1.67. The first-order chi connectivity index (χ1) is 9.60. The van der Waals surface area contributed by atoms with Crippen LogP contribution in [-0.4, -0.2) is 48.7 Å². The number of ether oxygens (including phenoxy) is 1. The van der Waals surface area contributed by atoms with E-state index in [-0.39, 0.29) is 24.4 Å². The Bertz CT molecular complexity index is 522. The lowest BCUT2D eigenvalue weighted by Gasteiger charge is -2.21. The highest BCUT2D eigenvalue weighted by Gasteiger charge is 2.16. The Hall–Kier alpha value is -2.39. The van der Waals surface area contributed by atoms with Crippen LogP contribution in [0.15, 0.2) is 24.3 Å². The molecule has 0 saturated carbocycles. The maximum Gasteiger partial charge on any atom is 0.335 e. The Morgan fingerprint density at radius 1 is 1.35 bits per heavy atom. The number of aromatic carboxylic acids is 1. The highest BCUT2D eigenvalue weighted by Crippen LogP contribution is 2.09. The Morgan fingerprint density at radius 2 is 2.05 bits per heavy atom. The summed E-state index contributed by atoms with van der Waals surface area (Å²) in [7, 11) is 1.53. The van der Waals surface area contributed by atoms with E-state index < -0.39 is 5.97 Å². The van der Waals surface area contributed by atoms with Crippen LogP contribution >= 0.6 is 0 Å². The van der Waals surface area contributed by atoms with Crippen LogP contribution < -0.4 is 0 Å². The lowest BCUT2D eigenvalue weighted by molar-refractivity contribution is 0.0696. The number of nitrogens with zero attached hydrogens (tertiary/aromatic N) is 2. The predicted octanol–water partition coefficient (Wildman–Crippen LogP) is 1.39. The van der Waals surface area contributed by atoms with Gasteiger partial charge in [-0.1, -0.05) is 6.07 Å². The van der Waals surface area contributed by atoms with Crippen molar-refractivity contribution in [2.45, 2.75) is 6.42 Å². The summed E-state index contributed by atoms with van der Waals surface area (Å²) in [4.78, 5) is 24.7. The Labute approximate surface area is 117 Å². The van der Waals surface area contributed by atoms with Gasteiger partial charge in [0.15, 0.2) is 0 Å². The van der Waals surface area contributed by atoms with E-state index in [1.165, 1.54) is 30.2 Å². The zero-order valence-corrected chi connectivity index (χ0v) is 11.2. The molecule has 0 fully saturated rings. The highest BCUT2D eigenvalue weighted by atomic mass is 16.5. The van der Waals surface area contributed by atoms with E-state index in [1.807, 2.05) is 6.07 Å². The maximum atomic E-state index is 12.3. The standard InChI is InChI=1S/C14H16N2O4/c1-20-9-8-16(7-3-6-15)13(17)11-4-2-5-12(10-11)14(18)19/h2,4-5,10H,3,7-9H2,1H3,(H,18,19). The molecule has 1 aromatic rings. The average Bonchev–Trinajstić information content (AvgIpc) is 2.47. The normalized spacial score (nSPS) is 9.80. The average molecular weight is 276 g/mol. The predicted molar refractivity (Wildman–Crippen MR) is 71.4 cm³/mol. The summed E-state index contributed by atoms with van der Waals surface area (Å²) in [6.07, 6.45) is 0.216. The van der Waals surface area contributed by atoms with Crippen LogP contribution in [0, 0.1) is 11.3 Å². The molecule has 6 nitrogen and oxygen atoms in total. The monoisotopic (exact) mass is 276 g/mol. The summed E-state index contributed by atoms with van der Waals surface area (Å²) in [5, 5.41) is 17.5. The fraction of sp³-hybridized carbons (Fsp3) is 0.357. The SMILES string of the molecule is COCCN(CCC#N)C(=O)c1cccc(C(=O)O)c1. The van der Waals surface area contributed by atoms with E-state index in [1.54, 1.807) is 6.07 Å². The highest BCUT2D eigenvalue weighted by molar-refractivity contribution is 5.97. The zero-order chi connectivity index (χ0) is 15.0. The first-order valence-electron chi connectivity index (χ1n) is 6.08. The molecule has 0 radical (unpaired) electrons. The van der Waals surface area contributed by atoms with Crippen LogP contribution in [0.25, 0.3) is 0 Å². The van der Waals surface area contributed by atoms with Gasteiger partial charge in [-0.25, -0.2) is 4.79 Å². The van der Waals surface area contributed by atoms with Gasteiger partial charge in [0.1, 0.15) is 0 Å². The molecule has 1 N–H and O–H groups in total. The Morgan fingerprint density at radius 3 is 2.65 bits per heavy atom. The summed E-state index contributed by atoms with van der Waals surface area (Å²) in [6.45, 7) is 1.00. The molecule has 0 heterocycles. The van der Waals surface area contributed by atoms with Crippen LogP contribution in [0.4, 0.5) is 0 Å². The molecule has 6 heteroatoms. The molecule has 106 valence electrons. The van der Waals surface area contributed by atoms with Gasteiger partial charge >= 0.3 is 5.97 Å². The first kappa shape index (κ1) is 15.7. The second-order valence-corrected chi connectivity index (χ2v) is 4.08. The summed E-state index contributed by atoms with van der Waals surface area (Å²) in [5.74, 6) is -1.39. The molecule has 1 amide bonds. The maximum absolute atomic E-state index is 12.3. The van der Waals surface area contributed by atoms with E-state index in [2.05, 4.69) is 0 Å². The molecule has 0 aliphatic carbocycles. The van der Waals surface area contributed by atoms with E-state index in [4.69, 9.17) is 15.1 Å². The van der Waals surface area contributed by atoms with Crippen molar-refractivity contribution in [1.82, 2.24) is 4.90 Å². The number of carboxylic acid groups (broad SMARTS) is 1. The summed E-state index contributed by atoms with van der Waals surface area (Å²) in [6, 6.07) is 7.82. The number of rotatable bonds is 7. The van der Waals surface area contributed by atoms with Crippen LogP contribution in [0.2, 0.25) is 0 Å². The summed E-state index contributed by atoms with van der Waals surface area (Å²) < 4.78 is 4.93. The zero-order valence-electron chi connectivity index (χ0n) is 11.2. The molecular formula is C14H16N2O4. The van der Waals surface area contributed by atoms with Crippen molar-refractivity contribution in [2.24, 2.45) is 0 Å². The van der Waals surface area contributed by atoms with Gasteiger partial charge in [0.25, 0.3) is 5.91 Å². The second-order valence-electron chi connectivity index (χ2n) is 4.08. The molecule has 1 rings (SSSR count). The molecule has 0 aliphatic heterocycles. The van der Waals surface area contributed by atoms with Crippen molar-refractivity contribution in [3.8, 4) is 6.07 Å². The van der Waals surface area contributed by atoms with E-state index in [0.717, 1.165) is 0 Å². The van der Waals surface area contributed by atoms with Crippen LogP contribution in [0.3, 0.4) is 0 Å². The molecule has 0 aliphatic rings. The van der Waals surface area contributed by atoms with Crippen LogP contribution in [0.1, 0.15) is 27.1 Å². The summed E-state index contributed by atoms with van der Waals surface area (Å²) >= 11 is 0. The fourth-order valence-electron chi connectivity index (χ4n) is 1.67. The van der Waals surface area contributed by atoms with Crippen LogP contribution in [-0.2, 0) is 4.74 Å². The minimum absolute atomic E-state index is 0.0582. The third-order valence-electron chi connectivity index (χ3n) is 2.70. The van der Waals surface area contributed by atoms with Crippen molar-refractivity contribution in [3.63, 3.8) is 0 Å². The van der Waals surface area contributed by atoms with Gasteiger partial charge in [-0.15, -0.1) is 0 Å². The Kier molecular flexibility index (Phi) is 6.20. The van der Waals surface area contributed by atoms with Gasteiger partial charge in [0, 0.05) is 25.8 Å². The third-order valence-corrected chi connectivity index (χ3v) is 2.70. The lowest BCUT2D eigenvalue weighted by Crippen LogP contribution is -2.34. The molecule has 0 bridgehead atoms. The van der Waals surface area contributed by atoms with Crippen molar-refractivity contribution in [2.75, 3.05) is 26.8 Å². The van der Waals surface area contributed by atoms with Crippen molar-refractivity contribution < 1.29 is 19.4 Å². The molecule has 0 atom stereocenters. The first-order valence-corrected chi connectivity index (χ1v) is 6.08. The Balaban J connectivity index is 2.90. The number of carbonyl (C=O) groups excluding carboxylic acids is 1. The number of hydrogen-bond donors (Lipinski definition) is 1. The number of carbonyl (C=O) groups is 2. The largest absolute Gasteiger partial charge is 0.478 e. The van der Waals surface area contributed by atoms with Crippen molar-refractivity contribution in [1.29, 1.82) is 5.26 Å². The quantitative estimate of drug-likeness (QED) is 0.812. The number of hydrogen-bond acceptors (Lipinski definition) is 4. The van der Waals surface area contributed by atoms with Gasteiger partial charge in [0.05, 0.1) is 24.7 Å². The minimum atomic E-state index is -1.08. The molecule has 20 heavy (non-hydrogen) atoms. The second kappa shape index (κ2) is 7.92. The smallest absolute Gasteiger partial charge is 0.335 e. The van der Waals surface area contributed by atoms with E-state index in [0.29, 0.717) is 18.7 Å². The lowest BCUT2D eigenvalue weighted by atomic mass is 10.1. The summed E-state index contributed by atoms with van der Waals surface area (Å²) in [5.41, 5.74) is 0.349. The number of carboxylic acids is 1. The minimum Gasteiger partial charge on any atom is -0.478 e. The molecule has 0 saturated heterocycles. The molecule has 0 spiro atoms. The third kappa shape index (κ3) is 4.37. The van der Waals surface area contributed by atoms with Gasteiger partial charge in [-0.2, -0.15) is 5.26 Å². The molecule has 0 aromatic heterocycles. The van der Waals surface area contributed by atoms with Crippen molar-refractivity contribution in [3.05, 3.63) is 35.4 Å². The van der Waals surface area contributed by atoms with E-state index in [9.17, 15) is 9.59 Å². The molecular weight excluding hydrogens is 260 g/mol. The number of amides is 1. The van der Waals surface area contributed by atoms with Gasteiger partial charge < -0.3 is 14.7 Å². The number of benzene rings is 1. The molecule has 0 unspecified atom stereocenters. The van der Waals surface area contributed by atoms with Crippen LogP contribution in [0.5, 0.6) is 0 Å². The number of methoxy groups -OCH3 is 1. The van der Waals surface area contributed by atoms with Gasteiger partial charge in [0.2, 0.25) is 0 Å². The van der Waals surface area contributed by atoms with E-state index >= 15 is 0 Å². The van der Waals surface area contributed by atoms with Crippen molar-refractivity contribution >= 4 is 11.9 Å².